The second-order valence-electron chi connectivity index (χ2n) is 18.7. The second-order valence-corrected chi connectivity index (χ2v) is 20.2. The summed E-state index contributed by atoms with van der Waals surface area (Å²) >= 11 is 0. The Bertz CT molecular complexity index is 2580. The summed E-state index contributed by atoms with van der Waals surface area (Å²) in [5.41, 5.74) is 5.89. The molecule has 25 nitrogen and oxygen atoms in total. The molecule has 2 bridgehead atoms. The lowest BCUT2D eigenvalue weighted by molar-refractivity contribution is -0.145. The summed E-state index contributed by atoms with van der Waals surface area (Å²) in [5.74, 6) is -14.9. The Morgan fingerprint density at radius 1 is 0.877 bits per heavy atom. The van der Waals surface area contributed by atoms with Crippen molar-refractivity contribution in [2.45, 2.75) is 101 Å². The van der Waals surface area contributed by atoms with E-state index in [2.05, 4.69) is 31.6 Å². The molecule has 1 saturated heterocycles. The van der Waals surface area contributed by atoms with E-state index in [0.29, 0.717) is 6.42 Å². The molecule has 396 valence electrons. The van der Waals surface area contributed by atoms with Crippen LogP contribution in [-0.2, 0) is 70.0 Å². The maximum absolute atomic E-state index is 14.9. The number of aromatic nitrogens is 1. The van der Waals surface area contributed by atoms with Gasteiger partial charge in [-0.15, -0.1) is 0 Å². The number of benzene rings is 1. The molecule has 0 aliphatic carbocycles. The average Bonchev–Trinajstić information content (AvgIpc) is 4.03. The van der Waals surface area contributed by atoms with Crippen LogP contribution in [0.1, 0.15) is 58.4 Å². The first kappa shape index (κ1) is 55.4. The summed E-state index contributed by atoms with van der Waals surface area (Å²) in [4.78, 5) is 155. The number of nitrogens with one attached hydrogen (secondary N) is 6. The van der Waals surface area contributed by atoms with E-state index < -0.39 is 193 Å². The summed E-state index contributed by atoms with van der Waals surface area (Å²) in [6.07, 6.45) is -3.50. The molecule has 6 rings (SSSR count). The first-order valence-corrected chi connectivity index (χ1v) is 25.2. The zero-order chi connectivity index (χ0) is 53.4. The number of ether oxygens (including phenoxy) is 1. The van der Waals surface area contributed by atoms with Crippen LogP contribution in [-0.4, -0.2) is 181 Å². The number of nitrogens with two attached hydrogens (primary N) is 1. The van der Waals surface area contributed by atoms with E-state index in [1.54, 1.807) is 13.8 Å². The van der Waals surface area contributed by atoms with Gasteiger partial charge in [0.05, 0.1) is 78.5 Å². The van der Waals surface area contributed by atoms with Crippen LogP contribution < -0.4 is 37.1 Å². The highest BCUT2D eigenvalue weighted by Crippen LogP contribution is 2.32. The topological polar surface area (TPSA) is 383 Å². The lowest BCUT2D eigenvalue weighted by Gasteiger charge is -2.31. The predicted molar refractivity (Wildman–Crippen MR) is 254 cm³/mol. The molecular weight excluding hydrogens is 979 g/mol. The van der Waals surface area contributed by atoms with E-state index >= 15 is 0 Å². The Morgan fingerprint density at radius 2 is 1.55 bits per heavy atom. The number of hydrogen-bond donors (Lipinski definition) is 10. The third-order valence-electron chi connectivity index (χ3n) is 13.7. The summed E-state index contributed by atoms with van der Waals surface area (Å²) < 4.78 is 20.8. The van der Waals surface area contributed by atoms with Gasteiger partial charge in [-0.1, -0.05) is 27.2 Å². The van der Waals surface area contributed by atoms with Gasteiger partial charge < -0.3 is 62.3 Å². The molecule has 2 aromatic rings. The molecule has 4 aliphatic heterocycles. The number of hydrogen-bond acceptors (Lipinski definition) is 16. The smallest absolute Gasteiger partial charge is 0.253 e. The first-order valence-electron chi connectivity index (χ1n) is 23.8. The minimum Gasteiger partial charge on any atom is -0.492 e. The summed E-state index contributed by atoms with van der Waals surface area (Å²) in [5, 5.41) is 44.4. The van der Waals surface area contributed by atoms with E-state index in [-0.39, 0.29) is 46.8 Å². The van der Waals surface area contributed by atoms with Crippen LogP contribution in [0.4, 0.5) is 0 Å². The van der Waals surface area contributed by atoms with Gasteiger partial charge in [-0.25, -0.2) is 0 Å². The number of ketones is 2. The van der Waals surface area contributed by atoms with Gasteiger partial charge in [-0.05, 0) is 29.5 Å². The van der Waals surface area contributed by atoms with Crippen LogP contribution in [0.25, 0.3) is 10.9 Å². The summed E-state index contributed by atoms with van der Waals surface area (Å²) in [6, 6.07) is -1.66. The van der Waals surface area contributed by atoms with Gasteiger partial charge in [-0.2, -0.15) is 0 Å². The van der Waals surface area contributed by atoms with Gasteiger partial charge in [0.15, 0.2) is 11.6 Å². The van der Waals surface area contributed by atoms with Crippen LogP contribution in [0.5, 0.6) is 5.75 Å². The fourth-order valence-corrected chi connectivity index (χ4v) is 10.7. The number of aliphatic hydroxyl groups is 3. The number of aromatic amines is 1. The number of Topliss-reactive ketones (excluding diaryl/α,β-unsaturated/α-hetero) is 2. The Hall–Kier alpha value is -6.90. The van der Waals surface area contributed by atoms with Crippen molar-refractivity contribution in [1.82, 2.24) is 41.4 Å². The zero-order valence-electron chi connectivity index (χ0n) is 40.4. The molecule has 26 heteroatoms. The third kappa shape index (κ3) is 13.4. The van der Waals surface area contributed by atoms with Crippen LogP contribution in [0, 0.1) is 23.7 Å². The molecule has 1 fully saturated rings. The van der Waals surface area contributed by atoms with Crippen molar-refractivity contribution in [2.24, 2.45) is 29.4 Å². The molecule has 73 heavy (non-hydrogen) atoms. The molecule has 1 unspecified atom stereocenters. The monoisotopic (exact) mass is 1040 g/mol. The van der Waals surface area contributed by atoms with Crippen molar-refractivity contribution in [2.75, 3.05) is 45.1 Å². The molecule has 1 aromatic carbocycles. The van der Waals surface area contributed by atoms with Crippen LogP contribution >= 0.6 is 0 Å². The predicted octanol–water partition coefficient (Wildman–Crippen LogP) is -4.14. The van der Waals surface area contributed by atoms with E-state index in [9.17, 15) is 72.3 Å². The first-order chi connectivity index (χ1) is 34.6. The molecular formula is C47H61N9O16S. The van der Waals surface area contributed by atoms with Crippen molar-refractivity contribution >= 4 is 86.4 Å². The molecule has 1 aromatic heterocycles. The molecule has 4 aliphatic rings. The molecule has 9 amide bonds. The van der Waals surface area contributed by atoms with E-state index in [4.69, 9.17) is 10.5 Å². The number of H-pyrrole nitrogens is 1. The largest absolute Gasteiger partial charge is 0.492 e. The van der Waals surface area contributed by atoms with E-state index in [1.165, 1.54) is 25.1 Å². The fourth-order valence-electron chi connectivity index (χ4n) is 9.26. The lowest BCUT2D eigenvalue weighted by Crippen LogP contribution is -2.56. The molecule has 11 N–H and O–H groups in total. The Labute approximate surface area is 420 Å². The molecule has 5 heterocycles. The quantitative estimate of drug-likeness (QED) is 0.0956. The highest BCUT2D eigenvalue weighted by atomic mass is 32.2. The third-order valence-corrected chi connectivity index (χ3v) is 15.1. The Kier molecular flexibility index (Phi) is 18.4. The number of aliphatic hydroxyl groups excluding tert-OH is 3. The van der Waals surface area contributed by atoms with Crippen molar-refractivity contribution in [3.63, 3.8) is 0 Å². The molecule has 0 spiro atoms. The summed E-state index contributed by atoms with van der Waals surface area (Å²) in [6.45, 7) is 1.65. The van der Waals surface area contributed by atoms with Crippen molar-refractivity contribution in [3.05, 3.63) is 35.9 Å². The van der Waals surface area contributed by atoms with Crippen molar-refractivity contribution in [1.29, 1.82) is 0 Å². The zero-order valence-corrected chi connectivity index (χ0v) is 41.2. The number of carbonyl (C=O) groups excluding carboxylic acids is 11. The highest BCUT2D eigenvalue weighted by Gasteiger charge is 2.45. The highest BCUT2D eigenvalue weighted by molar-refractivity contribution is 7.85. The Morgan fingerprint density at radius 3 is 2.21 bits per heavy atom. The number of nitrogens with zero attached hydrogens (tertiary/aromatic N) is 2. The maximum atomic E-state index is 14.9. The normalized spacial score (nSPS) is 27.6. The van der Waals surface area contributed by atoms with E-state index in [1.807, 2.05) is 0 Å². The van der Waals surface area contributed by atoms with Crippen molar-refractivity contribution < 1.29 is 77.0 Å². The number of rotatable bonds is 11. The van der Waals surface area contributed by atoms with Crippen LogP contribution in [0.15, 0.2) is 35.4 Å². The average molecular weight is 1040 g/mol. The molecule has 0 radical (unpaired) electrons. The number of carbonyl (C=O) groups is 11. The molecule has 11 atom stereocenters. The second kappa shape index (κ2) is 24.2. The number of imide groups is 1. The van der Waals surface area contributed by atoms with Gasteiger partial charge in [0.1, 0.15) is 29.5 Å². The molecule has 0 saturated carbocycles. The van der Waals surface area contributed by atoms with Gasteiger partial charge in [-0.3, -0.25) is 61.8 Å². The minimum absolute atomic E-state index is 0.0985. The fraction of sp³-hybridized carbons (Fsp3) is 0.553. The van der Waals surface area contributed by atoms with E-state index in [0.717, 1.165) is 22.0 Å². The Balaban J connectivity index is 1.52. The van der Waals surface area contributed by atoms with Crippen LogP contribution in [0.2, 0.25) is 0 Å². The maximum Gasteiger partial charge on any atom is 0.253 e. The number of primary amides is 1. The SMILES string of the molecule is CC[C@H](C)[C@@H]1NC(=O)CNC(=O)[C@H]2Cc3c([nH]c4cc(OCCN5C(=O)C=CC5=O)ccc34)S(=O)C[C@H](NC(=O)CNC1=O)C(=O)C[C@@H](CC(N)=O)C(=O)N1C[C@H](O)C[C@H]1C(=O)C[C@@H]([C@@H](C)[C@@H](O)CO)C(=O)N2. The van der Waals surface area contributed by atoms with Gasteiger partial charge >= 0.3 is 0 Å². The van der Waals surface area contributed by atoms with Crippen LogP contribution in [0.3, 0.4) is 0 Å². The van der Waals surface area contributed by atoms with Crippen molar-refractivity contribution in [3.8, 4) is 5.75 Å². The van der Waals surface area contributed by atoms with Gasteiger partial charge in [0.25, 0.3) is 11.8 Å². The summed E-state index contributed by atoms with van der Waals surface area (Å²) in [7, 11) is -2.39. The van der Waals surface area contributed by atoms with Gasteiger partial charge in [0, 0.05) is 68.2 Å². The standard InChI is InChI=1S/C47H61N9O16S/c1-4-22(2)42-45(69)50-17-38(63)51-32-21-73(71)46-29(27-6-5-26(14-30(27)53-46)72-10-9-55-40(65)7-8-41(55)66)15-31(44(68)49-18-39(64)54-42)52-43(67)28(23(3)36(61)20-57)16-35(60)33-13-25(58)19-56(33)47(70)24(11-34(32)59)12-37(48)62/h5-8,14,22-25,28,31-33,36,42,53,57-58,61H,4,9-13,15-21H2,1-3H3,(H2,48,62)(H,49,68)(H,50,69)(H,51,63)(H,52,67)(H,54,64)/t22-,23+,24-,25+,28-,31+,32-,33-,36-,42-,73?/m0/s1. The number of amides is 9. The van der Waals surface area contributed by atoms with Gasteiger partial charge in [0.2, 0.25) is 41.4 Å². The lowest BCUT2D eigenvalue weighted by atomic mass is 9.83. The minimum atomic E-state index is -2.39. The number of fused-ring (bicyclic) bond motifs is 5.